The number of hydrogen-bond acceptors (Lipinski definition) is 8. The number of aliphatic hydroxyl groups excluding tert-OH is 3. The maximum Gasteiger partial charge on any atom is 0.378 e. The minimum Gasteiger partial charge on any atom is -0.450 e. The molecule has 1 saturated heterocycles. The Balaban J connectivity index is 2.06. The van der Waals surface area contributed by atoms with Crippen LogP contribution in [0.4, 0.5) is 0 Å². The van der Waals surface area contributed by atoms with E-state index in [0.29, 0.717) is 6.61 Å². The van der Waals surface area contributed by atoms with Gasteiger partial charge in [-0.05, 0) is 6.42 Å². The van der Waals surface area contributed by atoms with Crippen molar-refractivity contribution in [2.24, 2.45) is 0 Å². The summed E-state index contributed by atoms with van der Waals surface area (Å²) >= 11 is 0. The lowest BCUT2D eigenvalue weighted by Crippen LogP contribution is -2.42. The third kappa shape index (κ3) is 9.43. The smallest absolute Gasteiger partial charge is 0.378 e. The molecule has 1 aliphatic rings. The number of aliphatic hydroxyl groups is 3. The van der Waals surface area contributed by atoms with E-state index in [9.17, 15) is 19.8 Å². The highest BCUT2D eigenvalue weighted by molar-refractivity contribution is 6.37. The Hall–Kier alpha value is -1.06. The van der Waals surface area contributed by atoms with Gasteiger partial charge in [0.25, 0.3) is 5.78 Å². The lowest BCUT2D eigenvalue weighted by atomic mass is 10.1. The Bertz CT molecular complexity index is 442. The predicted molar refractivity (Wildman–Crippen MR) is 102 cm³/mol. The molecule has 0 radical (unpaired) electrons. The number of ketones is 1. The second kappa shape index (κ2) is 14.9. The number of rotatable bonds is 17. The fourth-order valence-corrected chi connectivity index (χ4v) is 3.06. The molecule has 1 fully saturated rings. The molecular formula is C20H36O8. The van der Waals surface area contributed by atoms with Crippen LogP contribution in [0, 0.1) is 0 Å². The Morgan fingerprint density at radius 3 is 2.18 bits per heavy atom. The first kappa shape index (κ1) is 25.0. The van der Waals surface area contributed by atoms with Crippen LogP contribution in [0.1, 0.15) is 64.7 Å². The van der Waals surface area contributed by atoms with Gasteiger partial charge in [0.2, 0.25) is 0 Å². The summed E-state index contributed by atoms with van der Waals surface area (Å²) in [4.78, 5) is 23.0. The van der Waals surface area contributed by atoms with Gasteiger partial charge in [0.15, 0.2) is 12.2 Å². The first-order valence-corrected chi connectivity index (χ1v) is 10.4. The Morgan fingerprint density at radius 2 is 1.57 bits per heavy atom. The quantitative estimate of drug-likeness (QED) is 0.187. The summed E-state index contributed by atoms with van der Waals surface area (Å²) in [5.74, 6) is -2.04. The minimum absolute atomic E-state index is 0.0555. The van der Waals surface area contributed by atoms with E-state index < -0.39 is 42.8 Å². The van der Waals surface area contributed by atoms with Crippen molar-refractivity contribution in [3.8, 4) is 0 Å². The highest BCUT2D eigenvalue weighted by Crippen LogP contribution is 2.19. The van der Waals surface area contributed by atoms with Crippen LogP contribution in [0.5, 0.6) is 0 Å². The minimum atomic E-state index is -1.42. The fraction of sp³-hybridized carbons (Fsp3) is 0.900. The largest absolute Gasteiger partial charge is 0.450 e. The average molecular weight is 405 g/mol. The Kier molecular flexibility index (Phi) is 13.3. The van der Waals surface area contributed by atoms with Gasteiger partial charge < -0.3 is 29.5 Å². The van der Waals surface area contributed by atoms with Gasteiger partial charge in [-0.2, -0.15) is 0 Å². The van der Waals surface area contributed by atoms with E-state index in [1.807, 2.05) is 0 Å². The zero-order chi connectivity index (χ0) is 20.8. The Morgan fingerprint density at radius 1 is 0.964 bits per heavy atom. The molecule has 1 rings (SSSR count). The van der Waals surface area contributed by atoms with Gasteiger partial charge in [0.05, 0.1) is 19.8 Å². The SMILES string of the molecule is CCCCCCCCCCCOCC(O)COC1C(=O)C(=O)O[C@@H]1[C@@H](O)CO. The lowest BCUT2D eigenvalue weighted by molar-refractivity contribution is -0.152. The van der Waals surface area contributed by atoms with Crippen LogP contribution in [-0.4, -0.2) is 77.9 Å². The molecular weight excluding hydrogens is 368 g/mol. The third-order valence-electron chi connectivity index (χ3n) is 4.74. The van der Waals surface area contributed by atoms with Crippen LogP contribution in [0.25, 0.3) is 0 Å². The molecule has 2 unspecified atom stereocenters. The standard InChI is InChI=1S/C20H36O8/c1-2-3-4-5-6-7-8-9-10-11-26-13-15(22)14-27-19-17(24)20(25)28-18(19)16(23)12-21/h15-16,18-19,21-23H,2-14H2,1H3/t15?,16-,18+,19?/m0/s1. The van der Waals surface area contributed by atoms with Gasteiger partial charge in [-0.1, -0.05) is 58.3 Å². The van der Waals surface area contributed by atoms with Crippen molar-refractivity contribution in [1.82, 2.24) is 0 Å². The second-order valence-electron chi connectivity index (χ2n) is 7.30. The fourth-order valence-electron chi connectivity index (χ4n) is 3.06. The number of cyclic esters (lactones) is 1. The average Bonchev–Trinajstić information content (AvgIpc) is 2.98. The predicted octanol–water partition coefficient (Wildman–Crippen LogP) is 1.13. The molecule has 1 aliphatic heterocycles. The summed E-state index contributed by atoms with van der Waals surface area (Å²) in [5, 5.41) is 28.4. The molecule has 28 heavy (non-hydrogen) atoms. The summed E-state index contributed by atoms with van der Waals surface area (Å²) in [5.41, 5.74) is 0. The normalized spacial score (nSPS) is 21.7. The molecule has 0 saturated carbocycles. The monoisotopic (exact) mass is 404 g/mol. The summed E-state index contributed by atoms with van der Waals surface area (Å²) in [6.07, 6.45) is 5.99. The van der Waals surface area contributed by atoms with Gasteiger partial charge >= 0.3 is 5.97 Å². The van der Waals surface area contributed by atoms with E-state index in [-0.39, 0.29) is 13.2 Å². The molecule has 0 aromatic heterocycles. The van der Waals surface area contributed by atoms with Crippen LogP contribution in [0.3, 0.4) is 0 Å². The van der Waals surface area contributed by atoms with E-state index in [1.165, 1.54) is 44.9 Å². The van der Waals surface area contributed by atoms with Crippen molar-refractivity contribution in [3.05, 3.63) is 0 Å². The summed E-state index contributed by atoms with van der Waals surface area (Å²) in [7, 11) is 0. The lowest BCUT2D eigenvalue weighted by Gasteiger charge is -2.21. The zero-order valence-electron chi connectivity index (χ0n) is 16.9. The number of hydrogen-bond donors (Lipinski definition) is 3. The zero-order valence-corrected chi connectivity index (χ0v) is 16.9. The second-order valence-corrected chi connectivity index (χ2v) is 7.30. The van der Waals surface area contributed by atoms with Gasteiger partial charge in [-0.15, -0.1) is 0 Å². The van der Waals surface area contributed by atoms with E-state index in [2.05, 4.69) is 6.92 Å². The molecule has 0 amide bonds. The number of esters is 1. The molecule has 0 aromatic rings. The maximum absolute atomic E-state index is 11.7. The molecule has 0 aliphatic carbocycles. The van der Waals surface area contributed by atoms with Crippen LogP contribution in [-0.2, 0) is 23.8 Å². The van der Waals surface area contributed by atoms with Gasteiger partial charge in [0, 0.05) is 6.61 Å². The van der Waals surface area contributed by atoms with E-state index in [1.54, 1.807) is 0 Å². The number of Topliss-reactive ketones (excluding diaryl/α,β-unsaturated/α-hetero) is 1. The first-order chi connectivity index (χ1) is 13.5. The van der Waals surface area contributed by atoms with Crippen molar-refractivity contribution < 1.29 is 39.1 Å². The topological polar surface area (TPSA) is 123 Å². The summed E-state index contributed by atoms with van der Waals surface area (Å²) in [6, 6.07) is 0. The third-order valence-corrected chi connectivity index (χ3v) is 4.74. The van der Waals surface area contributed by atoms with Crippen LogP contribution < -0.4 is 0 Å². The van der Waals surface area contributed by atoms with Crippen molar-refractivity contribution in [2.45, 2.75) is 89.1 Å². The number of unbranched alkanes of at least 4 members (excludes halogenated alkanes) is 8. The van der Waals surface area contributed by atoms with Crippen molar-refractivity contribution in [3.63, 3.8) is 0 Å². The highest BCUT2D eigenvalue weighted by atomic mass is 16.6. The molecule has 0 spiro atoms. The number of carbonyl (C=O) groups is 2. The van der Waals surface area contributed by atoms with Crippen molar-refractivity contribution >= 4 is 11.8 Å². The molecule has 3 N–H and O–H groups in total. The number of ether oxygens (including phenoxy) is 3. The van der Waals surface area contributed by atoms with Crippen molar-refractivity contribution in [1.29, 1.82) is 0 Å². The molecule has 1 heterocycles. The van der Waals surface area contributed by atoms with Crippen LogP contribution >= 0.6 is 0 Å². The molecule has 8 heteroatoms. The van der Waals surface area contributed by atoms with Gasteiger partial charge in [0.1, 0.15) is 12.2 Å². The van der Waals surface area contributed by atoms with Gasteiger partial charge in [-0.3, -0.25) is 4.79 Å². The maximum atomic E-state index is 11.7. The van der Waals surface area contributed by atoms with Crippen LogP contribution in [0.2, 0.25) is 0 Å². The molecule has 4 atom stereocenters. The molecule has 0 bridgehead atoms. The molecule has 0 aromatic carbocycles. The summed E-state index contributed by atoms with van der Waals surface area (Å²) in [6.45, 7) is 1.91. The van der Waals surface area contributed by atoms with Crippen LogP contribution in [0.15, 0.2) is 0 Å². The van der Waals surface area contributed by atoms with E-state index >= 15 is 0 Å². The molecule has 8 nitrogen and oxygen atoms in total. The Labute approximate surface area is 167 Å². The highest BCUT2D eigenvalue weighted by Gasteiger charge is 2.48. The summed E-state index contributed by atoms with van der Waals surface area (Å²) < 4.78 is 15.4. The van der Waals surface area contributed by atoms with E-state index in [0.717, 1.165) is 12.8 Å². The number of carbonyl (C=O) groups excluding carboxylic acids is 2. The van der Waals surface area contributed by atoms with Gasteiger partial charge in [-0.25, -0.2) is 4.79 Å². The molecule has 164 valence electrons. The van der Waals surface area contributed by atoms with E-state index in [4.69, 9.17) is 19.3 Å². The van der Waals surface area contributed by atoms with Crippen molar-refractivity contribution in [2.75, 3.05) is 26.4 Å². The first-order valence-electron chi connectivity index (χ1n) is 10.4.